The highest BCUT2D eigenvalue weighted by molar-refractivity contribution is 5.99. The van der Waals surface area contributed by atoms with Crippen molar-refractivity contribution >= 4 is 11.6 Å². The summed E-state index contributed by atoms with van der Waals surface area (Å²) < 4.78 is 5.55. The minimum Gasteiger partial charge on any atom is -0.492 e. The molecule has 1 unspecified atom stereocenters. The van der Waals surface area contributed by atoms with Gasteiger partial charge in [0.25, 0.3) is 0 Å². The van der Waals surface area contributed by atoms with E-state index in [0.29, 0.717) is 25.4 Å². The molecule has 1 aromatic rings. The second-order valence-electron chi connectivity index (χ2n) is 4.26. The summed E-state index contributed by atoms with van der Waals surface area (Å²) in [6.07, 6.45) is 0.187. The minimum atomic E-state index is -0.423. The van der Waals surface area contributed by atoms with Crippen molar-refractivity contribution in [3.63, 3.8) is 0 Å². The van der Waals surface area contributed by atoms with Gasteiger partial charge in [-0.3, -0.25) is 4.79 Å². The Morgan fingerprint density at radius 2 is 2.32 bits per heavy atom. The SMILES string of the molecule is CCOc1ccccc1N1CCNC(CC#N)C1=O. The zero-order chi connectivity index (χ0) is 13.7. The lowest BCUT2D eigenvalue weighted by molar-refractivity contribution is -0.121. The quantitative estimate of drug-likeness (QED) is 0.885. The van der Waals surface area contributed by atoms with Crippen molar-refractivity contribution in [2.75, 3.05) is 24.6 Å². The summed E-state index contributed by atoms with van der Waals surface area (Å²) in [6.45, 7) is 3.73. The molecule has 1 aromatic carbocycles. The van der Waals surface area contributed by atoms with Crippen LogP contribution < -0.4 is 15.0 Å². The number of benzene rings is 1. The third-order valence-electron chi connectivity index (χ3n) is 3.04. The lowest BCUT2D eigenvalue weighted by atomic mass is 10.1. The minimum absolute atomic E-state index is 0.0695. The standard InChI is InChI=1S/C14H17N3O2/c1-2-19-13-6-4-3-5-12(13)17-10-9-16-11(7-8-15)14(17)18/h3-6,11,16H,2,7,9-10H2,1H3. The smallest absolute Gasteiger partial charge is 0.245 e. The molecule has 0 aliphatic carbocycles. The average molecular weight is 259 g/mol. The van der Waals surface area contributed by atoms with Crippen LogP contribution in [-0.2, 0) is 4.79 Å². The molecule has 19 heavy (non-hydrogen) atoms. The Labute approximate surface area is 112 Å². The summed E-state index contributed by atoms with van der Waals surface area (Å²) in [7, 11) is 0. The molecule has 100 valence electrons. The maximum atomic E-state index is 12.3. The lowest BCUT2D eigenvalue weighted by Gasteiger charge is -2.33. The van der Waals surface area contributed by atoms with E-state index in [-0.39, 0.29) is 12.3 Å². The highest BCUT2D eigenvalue weighted by Gasteiger charge is 2.30. The van der Waals surface area contributed by atoms with Crippen LogP contribution in [0, 0.1) is 11.3 Å². The van der Waals surface area contributed by atoms with Crippen molar-refractivity contribution in [1.29, 1.82) is 5.26 Å². The van der Waals surface area contributed by atoms with Crippen LogP contribution in [0.3, 0.4) is 0 Å². The molecule has 1 N–H and O–H groups in total. The molecule has 1 aliphatic heterocycles. The van der Waals surface area contributed by atoms with E-state index in [2.05, 4.69) is 5.32 Å². The third-order valence-corrected chi connectivity index (χ3v) is 3.04. The molecule has 1 fully saturated rings. The Kier molecular flexibility index (Phi) is 4.37. The van der Waals surface area contributed by atoms with E-state index in [1.54, 1.807) is 4.90 Å². The molecule has 1 saturated heterocycles. The topological polar surface area (TPSA) is 65.4 Å². The van der Waals surface area contributed by atoms with Gasteiger partial charge in [-0.05, 0) is 19.1 Å². The van der Waals surface area contributed by atoms with E-state index >= 15 is 0 Å². The first-order valence-electron chi connectivity index (χ1n) is 6.41. The Bertz CT molecular complexity index is 496. The predicted octanol–water partition coefficient (Wildman–Crippen LogP) is 1.30. The molecule has 1 heterocycles. The molecular weight excluding hydrogens is 242 g/mol. The Morgan fingerprint density at radius 1 is 1.53 bits per heavy atom. The van der Waals surface area contributed by atoms with E-state index in [9.17, 15) is 4.79 Å². The predicted molar refractivity (Wildman–Crippen MR) is 72.0 cm³/mol. The van der Waals surface area contributed by atoms with Gasteiger partial charge in [-0.15, -0.1) is 0 Å². The first-order chi connectivity index (χ1) is 9.27. The molecule has 0 radical (unpaired) electrons. The summed E-state index contributed by atoms with van der Waals surface area (Å²) in [5.41, 5.74) is 0.777. The second-order valence-corrected chi connectivity index (χ2v) is 4.26. The maximum absolute atomic E-state index is 12.3. The van der Waals surface area contributed by atoms with Crippen LogP contribution in [0.2, 0.25) is 0 Å². The molecule has 0 bridgehead atoms. The monoisotopic (exact) mass is 259 g/mol. The number of carbonyl (C=O) groups is 1. The molecule has 0 saturated carbocycles. The van der Waals surface area contributed by atoms with Crippen molar-refractivity contribution in [2.45, 2.75) is 19.4 Å². The zero-order valence-corrected chi connectivity index (χ0v) is 10.9. The number of rotatable bonds is 4. The molecule has 0 aromatic heterocycles. The molecule has 0 spiro atoms. The Morgan fingerprint density at radius 3 is 3.05 bits per heavy atom. The Hall–Kier alpha value is -2.06. The van der Waals surface area contributed by atoms with E-state index < -0.39 is 6.04 Å². The van der Waals surface area contributed by atoms with Gasteiger partial charge in [0, 0.05) is 13.1 Å². The fourth-order valence-electron chi connectivity index (χ4n) is 2.18. The van der Waals surface area contributed by atoms with Crippen LogP contribution in [0.4, 0.5) is 5.69 Å². The van der Waals surface area contributed by atoms with Crippen molar-refractivity contribution in [2.24, 2.45) is 0 Å². The van der Waals surface area contributed by atoms with Crippen LogP contribution in [0.25, 0.3) is 0 Å². The number of anilines is 1. The Balaban J connectivity index is 2.25. The van der Waals surface area contributed by atoms with E-state index in [0.717, 1.165) is 5.69 Å². The average Bonchev–Trinajstić information content (AvgIpc) is 2.43. The van der Waals surface area contributed by atoms with Crippen molar-refractivity contribution < 1.29 is 9.53 Å². The van der Waals surface area contributed by atoms with Gasteiger partial charge in [0.2, 0.25) is 5.91 Å². The molecule has 5 nitrogen and oxygen atoms in total. The number of ether oxygens (including phenoxy) is 1. The molecular formula is C14H17N3O2. The van der Waals surface area contributed by atoms with Gasteiger partial charge >= 0.3 is 0 Å². The molecule has 1 aliphatic rings. The lowest BCUT2D eigenvalue weighted by Crippen LogP contribution is -2.55. The fourth-order valence-corrected chi connectivity index (χ4v) is 2.18. The van der Waals surface area contributed by atoms with Gasteiger partial charge in [0.1, 0.15) is 11.8 Å². The number of para-hydroxylation sites is 2. The maximum Gasteiger partial charge on any atom is 0.245 e. The summed E-state index contributed by atoms with van der Waals surface area (Å²) >= 11 is 0. The number of hydrogen-bond donors (Lipinski definition) is 1. The second kappa shape index (κ2) is 6.21. The highest BCUT2D eigenvalue weighted by atomic mass is 16.5. The summed E-state index contributed by atoms with van der Waals surface area (Å²) in [4.78, 5) is 14.0. The van der Waals surface area contributed by atoms with E-state index in [1.807, 2.05) is 37.3 Å². The number of carbonyl (C=O) groups excluding carboxylic acids is 1. The van der Waals surface area contributed by atoms with Crippen LogP contribution in [0.15, 0.2) is 24.3 Å². The van der Waals surface area contributed by atoms with Crippen LogP contribution >= 0.6 is 0 Å². The van der Waals surface area contributed by atoms with Crippen molar-refractivity contribution in [3.8, 4) is 11.8 Å². The number of amides is 1. The number of nitrogens with zero attached hydrogens (tertiary/aromatic N) is 2. The number of piperazine rings is 1. The molecule has 1 atom stereocenters. The normalized spacial score (nSPS) is 19.1. The first-order valence-corrected chi connectivity index (χ1v) is 6.41. The first kappa shape index (κ1) is 13.4. The molecule has 2 rings (SSSR count). The van der Waals surface area contributed by atoms with E-state index in [4.69, 9.17) is 10.00 Å². The number of hydrogen-bond acceptors (Lipinski definition) is 4. The van der Waals surface area contributed by atoms with Crippen molar-refractivity contribution in [3.05, 3.63) is 24.3 Å². The van der Waals surface area contributed by atoms with Gasteiger partial charge in [-0.1, -0.05) is 12.1 Å². The third kappa shape index (κ3) is 2.85. The van der Waals surface area contributed by atoms with Crippen LogP contribution in [0.1, 0.15) is 13.3 Å². The van der Waals surface area contributed by atoms with Gasteiger partial charge in [-0.25, -0.2) is 0 Å². The van der Waals surface area contributed by atoms with E-state index in [1.165, 1.54) is 0 Å². The largest absolute Gasteiger partial charge is 0.492 e. The van der Waals surface area contributed by atoms with Crippen LogP contribution in [-0.4, -0.2) is 31.6 Å². The van der Waals surface area contributed by atoms with Gasteiger partial charge in [0.15, 0.2) is 0 Å². The fraction of sp³-hybridized carbons (Fsp3) is 0.429. The highest BCUT2D eigenvalue weighted by Crippen LogP contribution is 2.29. The summed E-state index contributed by atoms with van der Waals surface area (Å²) in [5.74, 6) is 0.635. The van der Waals surface area contributed by atoms with Gasteiger partial charge < -0.3 is 15.0 Å². The summed E-state index contributed by atoms with van der Waals surface area (Å²) in [6, 6.07) is 9.11. The molecule has 1 amide bonds. The number of nitrogens with one attached hydrogen (secondary N) is 1. The summed E-state index contributed by atoms with van der Waals surface area (Å²) in [5, 5.41) is 11.8. The van der Waals surface area contributed by atoms with Crippen molar-refractivity contribution in [1.82, 2.24) is 5.32 Å². The number of nitriles is 1. The zero-order valence-electron chi connectivity index (χ0n) is 10.9. The van der Waals surface area contributed by atoms with Crippen LogP contribution in [0.5, 0.6) is 5.75 Å². The van der Waals surface area contributed by atoms with Gasteiger partial charge in [-0.2, -0.15) is 5.26 Å². The van der Waals surface area contributed by atoms with Gasteiger partial charge in [0.05, 0.1) is 24.8 Å². The molecule has 5 heteroatoms.